The smallest absolute Gasteiger partial charge is 0.119 e. The van der Waals surface area contributed by atoms with E-state index >= 15 is 0 Å². The van der Waals surface area contributed by atoms with Gasteiger partial charge in [0.15, 0.2) is 0 Å². The quantitative estimate of drug-likeness (QED) is 0.660. The number of hydrogen-bond acceptors (Lipinski definition) is 2. The molecule has 0 heterocycles. The highest BCUT2D eigenvalue weighted by Gasteiger charge is 2.02. The van der Waals surface area contributed by atoms with Gasteiger partial charge < -0.3 is 10.1 Å². The lowest BCUT2D eigenvalue weighted by atomic mass is 10.1. The van der Waals surface area contributed by atoms with Gasteiger partial charge in [-0.2, -0.15) is 0 Å². The van der Waals surface area contributed by atoms with Crippen molar-refractivity contribution in [2.45, 2.75) is 45.6 Å². The van der Waals surface area contributed by atoms with E-state index in [-0.39, 0.29) is 0 Å². The van der Waals surface area contributed by atoms with E-state index < -0.39 is 0 Å². The molecule has 0 aromatic heterocycles. The molecule has 0 bridgehead atoms. The maximum atomic E-state index is 5.64. The summed E-state index contributed by atoms with van der Waals surface area (Å²) in [6.07, 6.45) is 4.81. The van der Waals surface area contributed by atoms with Crippen molar-refractivity contribution in [3.8, 4) is 5.75 Å². The first-order valence-electron chi connectivity index (χ1n) is 6.78. The Hall–Kier alpha value is -1.02. The summed E-state index contributed by atoms with van der Waals surface area (Å²) >= 11 is 0. The lowest BCUT2D eigenvalue weighted by Crippen LogP contribution is -2.29. The van der Waals surface area contributed by atoms with E-state index in [1.54, 1.807) is 0 Å². The van der Waals surface area contributed by atoms with Gasteiger partial charge in [-0.25, -0.2) is 0 Å². The van der Waals surface area contributed by atoms with Gasteiger partial charge in [0.2, 0.25) is 0 Å². The van der Waals surface area contributed by atoms with Crippen molar-refractivity contribution in [1.29, 1.82) is 0 Å². The lowest BCUT2D eigenvalue weighted by molar-refractivity contribution is 0.303. The summed E-state index contributed by atoms with van der Waals surface area (Å²) in [6.45, 7) is 6.32. The molecule has 0 saturated carbocycles. The number of nitrogens with one attached hydrogen (secondary N) is 1. The maximum Gasteiger partial charge on any atom is 0.119 e. The highest BCUT2D eigenvalue weighted by Crippen LogP contribution is 2.08. The molecule has 0 spiro atoms. The molecule has 96 valence electrons. The van der Waals surface area contributed by atoms with Crippen LogP contribution in [0.2, 0.25) is 0 Å². The third kappa shape index (κ3) is 6.32. The van der Waals surface area contributed by atoms with E-state index in [2.05, 4.69) is 19.2 Å². The molecule has 1 aromatic rings. The fourth-order valence-corrected chi connectivity index (χ4v) is 1.88. The van der Waals surface area contributed by atoms with Crippen molar-refractivity contribution in [3.05, 3.63) is 30.3 Å². The van der Waals surface area contributed by atoms with Crippen molar-refractivity contribution in [2.75, 3.05) is 13.2 Å². The molecule has 1 N–H and O–H groups in total. The SMILES string of the molecule is CCCC(CC)NCCCOc1ccccc1. The van der Waals surface area contributed by atoms with E-state index in [1.165, 1.54) is 19.3 Å². The third-order valence-corrected chi connectivity index (χ3v) is 2.90. The van der Waals surface area contributed by atoms with Crippen LogP contribution < -0.4 is 10.1 Å². The molecule has 2 heteroatoms. The van der Waals surface area contributed by atoms with Crippen molar-refractivity contribution >= 4 is 0 Å². The van der Waals surface area contributed by atoms with Crippen LogP contribution in [0.4, 0.5) is 0 Å². The summed E-state index contributed by atoms with van der Waals surface area (Å²) < 4.78 is 5.64. The molecule has 0 radical (unpaired) electrons. The summed E-state index contributed by atoms with van der Waals surface area (Å²) in [5, 5.41) is 3.58. The molecule has 0 saturated heterocycles. The average molecular weight is 235 g/mol. The second kappa shape index (κ2) is 9.06. The van der Waals surface area contributed by atoms with Crippen LogP contribution in [-0.2, 0) is 0 Å². The molecule has 0 aliphatic heterocycles. The zero-order chi connectivity index (χ0) is 12.3. The Morgan fingerprint density at radius 2 is 1.94 bits per heavy atom. The molecular formula is C15H25NO. The van der Waals surface area contributed by atoms with Gasteiger partial charge in [-0.3, -0.25) is 0 Å². The lowest BCUT2D eigenvalue weighted by Gasteiger charge is -2.15. The molecule has 0 fully saturated rings. The highest BCUT2D eigenvalue weighted by molar-refractivity contribution is 5.20. The van der Waals surface area contributed by atoms with E-state index in [0.29, 0.717) is 6.04 Å². The summed E-state index contributed by atoms with van der Waals surface area (Å²) in [6, 6.07) is 10.7. The standard InChI is InChI=1S/C15H25NO/c1-3-9-14(4-2)16-12-8-13-17-15-10-6-5-7-11-15/h5-7,10-11,14,16H,3-4,8-9,12-13H2,1-2H3. The number of rotatable bonds is 9. The second-order valence-corrected chi connectivity index (χ2v) is 4.36. The monoisotopic (exact) mass is 235 g/mol. The van der Waals surface area contributed by atoms with Gasteiger partial charge in [-0.05, 0) is 37.9 Å². The topological polar surface area (TPSA) is 21.3 Å². The Balaban J connectivity index is 2.04. The summed E-state index contributed by atoms with van der Waals surface area (Å²) in [7, 11) is 0. The summed E-state index contributed by atoms with van der Waals surface area (Å²) in [5.41, 5.74) is 0. The summed E-state index contributed by atoms with van der Waals surface area (Å²) in [4.78, 5) is 0. The van der Waals surface area contributed by atoms with Crippen molar-refractivity contribution in [3.63, 3.8) is 0 Å². The Morgan fingerprint density at radius 1 is 1.18 bits per heavy atom. The van der Waals surface area contributed by atoms with Gasteiger partial charge in [-0.15, -0.1) is 0 Å². The van der Waals surface area contributed by atoms with Crippen molar-refractivity contribution in [2.24, 2.45) is 0 Å². The minimum Gasteiger partial charge on any atom is -0.494 e. The molecule has 1 aromatic carbocycles. The first-order valence-corrected chi connectivity index (χ1v) is 6.78. The van der Waals surface area contributed by atoms with E-state index in [0.717, 1.165) is 25.3 Å². The average Bonchev–Trinajstić information content (AvgIpc) is 2.38. The van der Waals surface area contributed by atoms with Gasteiger partial charge in [0.25, 0.3) is 0 Å². The van der Waals surface area contributed by atoms with Crippen molar-refractivity contribution < 1.29 is 4.74 Å². The Kier molecular flexibility index (Phi) is 7.48. The molecule has 0 amide bonds. The van der Waals surface area contributed by atoms with Crippen LogP contribution in [0.1, 0.15) is 39.5 Å². The molecule has 1 atom stereocenters. The van der Waals surface area contributed by atoms with E-state index in [4.69, 9.17) is 4.74 Å². The minimum absolute atomic E-state index is 0.678. The zero-order valence-electron chi connectivity index (χ0n) is 11.1. The second-order valence-electron chi connectivity index (χ2n) is 4.36. The number of ether oxygens (including phenoxy) is 1. The highest BCUT2D eigenvalue weighted by atomic mass is 16.5. The van der Waals surface area contributed by atoms with Crippen LogP contribution >= 0.6 is 0 Å². The largest absolute Gasteiger partial charge is 0.494 e. The first-order chi connectivity index (χ1) is 8.36. The van der Waals surface area contributed by atoms with Crippen LogP contribution in [0.25, 0.3) is 0 Å². The molecule has 1 unspecified atom stereocenters. The van der Waals surface area contributed by atoms with Crippen LogP contribution in [0.5, 0.6) is 5.75 Å². The van der Waals surface area contributed by atoms with Crippen molar-refractivity contribution in [1.82, 2.24) is 5.32 Å². The predicted octanol–water partition coefficient (Wildman–Crippen LogP) is 3.62. The fraction of sp³-hybridized carbons (Fsp3) is 0.600. The van der Waals surface area contributed by atoms with E-state index in [1.807, 2.05) is 30.3 Å². The van der Waals surface area contributed by atoms with Gasteiger partial charge in [0.05, 0.1) is 6.61 Å². The molecule has 1 rings (SSSR count). The normalized spacial score (nSPS) is 12.4. The Bertz CT molecular complexity index is 274. The van der Waals surface area contributed by atoms with Crippen LogP contribution in [0.15, 0.2) is 30.3 Å². The predicted molar refractivity (Wildman–Crippen MR) is 73.5 cm³/mol. The van der Waals surface area contributed by atoms with Gasteiger partial charge >= 0.3 is 0 Å². The van der Waals surface area contributed by atoms with Gasteiger partial charge in [-0.1, -0.05) is 38.5 Å². The van der Waals surface area contributed by atoms with Crippen LogP contribution in [0.3, 0.4) is 0 Å². The molecule has 2 nitrogen and oxygen atoms in total. The van der Waals surface area contributed by atoms with Crippen LogP contribution in [-0.4, -0.2) is 19.2 Å². The number of benzene rings is 1. The van der Waals surface area contributed by atoms with Gasteiger partial charge in [0.1, 0.15) is 5.75 Å². The third-order valence-electron chi connectivity index (χ3n) is 2.90. The molecule has 0 aliphatic rings. The van der Waals surface area contributed by atoms with Gasteiger partial charge in [0, 0.05) is 6.04 Å². The minimum atomic E-state index is 0.678. The summed E-state index contributed by atoms with van der Waals surface area (Å²) in [5.74, 6) is 0.966. The molecule has 17 heavy (non-hydrogen) atoms. The fourth-order valence-electron chi connectivity index (χ4n) is 1.88. The van der Waals surface area contributed by atoms with Crippen LogP contribution in [0, 0.1) is 0 Å². The maximum absolute atomic E-state index is 5.64. The zero-order valence-corrected chi connectivity index (χ0v) is 11.1. The Morgan fingerprint density at radius 3 is 2.59 bits per heavy atom. The number of para-hydroxylation sites is 1. The van der Waals surface area contributed by atoms with E-state index in [9.17, 15) is 0 Å². The Labute approximate surface area is 105 Å². The number of hydrogen-bond donors (Lipinski definition) is 1. The molecule has 0 aliphatic carbocycles. The first kappa shape index (κ1) is 14.0. The molecular weight excluding hydrogens is 210 g/mol.